The lowest BCUT2D eigenvalue weighted by molar-refractivity contribution is -0.121. The molecular formula is C11H10N4O3. The van der Waals surface area contributed by atoms with Crippen molar-refractivity contribution in [3.8, 4) is 0 Å². The van der Waals surface area contributed by atoms with Crippen molar-refractivity contribution in [1.29, 1.82) is 0 Å². The number of benzene rings is 1. The number of hydrogen-bond acceptors (Lipinski definition) is 4. The number of carbonyl (C=O) groups is 1. The minimum Gasteiger partial charge on any atom is -0.480 e. The van der Waals surface area contributed by atoms with E-state index in [9.17, 15) is 9.90 Å². The van der Waals surface area contributed by atoms with Gasteiger partial charge in [0.2, 0.25) is 5.90 Å². The van der Waals surface area contributed by atoms with E-state index in [0.29, 0.717) is 11.1 Å². The van der Waals surface area contributed by atoms with Crippen LogP contribution in [0.25, 0.3) is 10.4 Å². The Kier molecular flexibility index (Phi) is 3.27. The summed E-state index contributed by atoms with van der Waals surface area (Å²) in [5.41, 5.74) is 9.39. The van der Waals surface area contributed by atoms with Crippen LogP contribution in [0.3, 0.4) is 0 Å². The van der Waals surface area contributed by atoms with E-state index in [-0.39, 0.29) is 5.90 Å². The molecule has 0 fully saturated rings. The number of carbonyl (C=O) groups excluding carboxylic acids is 1. The monoisotopic (exact) mass is 246 g/mol. The molecule has 18 heavy (non-hydrogen) atoms. The van der Waals surface area contributed by atoms with Gasteiger partial charge >= 0.3 is 0 Å². The van der Waals surface area contributed by atoms with Crippen LogP contribution in [-0.4, -0.2) is 30.1 Å². The first-order chi connectivity index (χ1) is 8.69. The van der Waals surface area contributed by atoms with Gasteiger partial charge in [-0.25, -0.2) is 0 Å². The quantitative estimate of drug-likeness (QED) is 0.458. The number of azide groups is 1. The molecule has 7 nitrogen and oxygen atoms in total. The number of rotatable bonds is 1. The van der Waals surface area contributed by atoms with E-state index in [1.165, 1.54) is 7.11 Å². The van der Waals surface area contributed by atoms with Crippen molar-refractivity contribution < 1.29 is 14.6 Å². The molecule has 2 atom stereocenters. The lowest BCUT2D eigenvalue weighted by atomic mass is 9.98. The number of fused-ring (bicyclic) bond motifs is 1. The van der Waals surface area contributed by atoms with Gasteiger partial charge in [-0.3, -0.25) is 4.79 Å². The van der Waals surface area contributed by atoms with Crippen molar-refractivity contribution in [2.75, 3.05) is 7.11 Å². The van der Waals surface area contributed by atoms with E-state index >= 15 is 0 Å². The highest BCUT2D eigenvalue weighted by molar-refractivity contribution is 6.05. The van der Waals surface area contributed by atoms with Crippen LogP contribution < -0.4 is 0 Å². The molecule has 1 aliphatic rings. The van der Waals surface area contributed by atoms with Crippen LogP contribution in [0.5, 0.6) is 0 Å². The number of aliphatic hydroxyl groups is 1. The number of amides is 1. The number of hydrogen-bond donors (Lipinski definition) is 1. The fraction of sp³-hybridized carbons (Fsp3) is 0.273. The molecule has 0 radical (unpaired) electrons. The smallest absolute Gasteiger partial charge is 0.260 e. The summed E-state index contributed by atoms with van der Waals surface area (Å²) < 4.78 is 5.03. The highest BCUT2D eigenvalue weighted by atomic mass is 16.5. The first-order valence-electron chi connectivity index (χ1n) is 5.17. The van der Waals surface area contributed by atoms with E-state index in [2.05, 4.69) is 15.0 Å². The van der Waals surface area contributed by atoms with E-state index in [4.69, 9.17) is 10.3 Å². The van der Waals surface area contributed by atoms with E-state index in [0.717, 1.165) is 0 Å². The fourth-order valence-electron chi connectivity index (χ4n) is 1.81. The second-order valence-corrected chi connectivity index (χ2v) is 3.64. The Balaban J connectivity index is 2.63. The highest BCUT2D eigenvalue weighted by Gasteiger charge is 2.33. The average Bonchev–Trinajstić information content (AvgIpc) is 2.49. The first kappa shape index (κ1) is 12.1. The molecule has 2 unspecified atom stereocenters. The number of ether oxygens (including phenoxy) is 1. The Labute approximate surface area is 102 Å². The molecule has 0 aromatic heterocycles. The molecular weight excluding hydrogens is 236 g/mol. The Hall–Kier alpha value is -2.37. The van der Waals surface area contributed by atoms with Gasteiger partial charge in [0.1, 0.15) is 6.04 Å². The Morgan fingerprint density at radius 3 is 2.89 bits per heavy atom. The number of aliphatic imine (C=N–C) groups is 1. The minimum atomic E-state index is -1.27. The molecule has 0 saturated heterocycles. The van der Waals surface area contributed by atoms with Crippen LogP contribution in [0.4, 0.5) is 0 Å². The zero-order valence-electron chi connectivity index (χ0n) is 9.52. The molecule has 1 heterocycles. The maximum atomic E-state index is 11.8. The van der Waals surface area contributed by atoms with E-state index in [1.54, 1.807) is 24.3 Å². The highest BCUT2D eigenvalue weighted by Crippen LogP contribution is 2.27. The van der Waals surface area contributed by atoms with Gasteiger partial charge in [0.15, 0.2) is 0 Å². The summed E-state index contributed by atoms with van der Waals surface area (Å²) in [7, 11) is 1.38. The Morgan fingerprint density at radius 1 is 1.50 bits per heavy atom. The topological polar surface area (TPSA) is 108 Å². The molecule has 1 aromatic rings. The third-order valence-electron chi connectivity index (χ3n) is 2.64. The van der Waals surface area contributed by atoms with Crippen molar-refractivity contribution in [2.45, 2.75) is 12.1 Å². The van der Waals surface area contributed by atoms with Gasteiger partial charge in [0, 0.05) is 10.5 Å². The van der Waals surface area contributed by atoms with E-state index in [1.807, 2.05) is 0 Å². The lowest BCUT2D eigenvalue weighted by Gasteiger charge is -2.15. The van der Waals surface area contributed by atoms with Crippen LogP contribution >= 0.6 is 0 Å². The van der Waals surface area contributed by atoms with Gasteiger partial charge in [-0.15, -0.1) is 0 Å². The molecule has 2 rings (SSSR count). The zero-order valence-corrected chi connectivity index (χ0v) is 9.52. The van der Waals surface area contributed by atoms with Crippen molar-refractivity contribution in [2.24, 2.45) is 10.1 Å². The molecule has 1 amide bonds. The average molecular weight is 246 g/mol. The lowest BCUT2D eigenvalue weighted by Crippen LogP contribution is -2.23. The molecule has 7 heteroatoms. The van der Waals surface area contributed by atoms with Crippen molar-refractivity contribution in [3.63, 3.8) is 0 Å². The van der Waals surface area contributed by atoms with Gasteiger partial charge in [-0.1, -0.05) is 23.3 Å². The maximum absolute atomic E-state index is 11.8. The summed E-state index contributed by atoms with van der Waals surface area (Å²) in [5, 5.41) is 13.4. The summed E-state index contributed by atoms with van der Waals surface area (Å²) in [6, 6.07) is 5.47. The zero-order chi connectivity index (χ0) is 13.1. The third kappa shape index (κ3) is 1.92. The molecule has 0 bridgehead atoms. The number of aliphatic hydroxyl groups excluding tert-OH is 1. The molecule has 0 spiro atoms. The summed E-state index contributed by atoms with van der Waals surface area (Å²) in [6.07, 6.45) is -1.24. The van der Waals surface area contributed by atoms with Crippen LogP contribution in [0, 0.1) is 0 Å². The molecule has 0 saturated carbocycles. The molecule has 1 N–H and O–H groups in total. The van der Waals surface area contributed by atoms with Crippen molar-refractivity contribution >= 4 is 11.8 Å². The number of nitrogens with zero attached hydrogens (tertiary/aromatic N) is 4. The molecule has 0 aliphatic carbocycles. The Bertz CT molecular complexity index is 563. The van der Waals surface area contributed by atoms with Gasteiger partial charge in [-0.05, 0) is 17.2 Å². The normalized spacial score (nSPS) is 22.3. The maximum Gasteiger partial charge on any atom is 0.260 e. The van der Waals surface area contributed by atoms with Gasteiger partial charge < -0.3 is 9.84 Å². The van der Waals surface area contributed by atoms with Crippen LogP contribution in [0.1, 0.15) is 17.2 Å². The van der Waals surface area contributed by atoms with Crippen LogP contribution in [0.15, 0.2) is 34.4 Å². The SMILES string of the molecule is COC1=NC(=O)C(N=[N+]=[N-])C(O)c2ccccc21. The second-order valence-electron chi connectivity index (χ2n) is 3.64. The summed E-state index contributed by atoms with van der Waals surface area (Å²) in [5.74, 6) is -0.626. The molecule has 1 aliphatic heterocycles. The fourth-order valence-corrected chi connectivity index (χ4v) is 1.81. The Morgan fingerprint density at radius 2 is 2.22 bits per heavy atom. The summed E-state index contributed by atoms with van der Waals surface area (Å²) >= 11 is 0. The summed E-state index contributed by atoms with van der Waals surface area (Å²) in [6.45, 7) is 0. The predicted molar refractivity (Wildman–Crippen MR) is 62.9 cm³/mol. The largest absolute Gasteiger partial charge is 0.480 e. The summed E-state index contributed by atoms with van der Waals surface area (Å²) in [4.78, 5) is 18.0. The third-order valence-corrected chi connectivity index (χ3v) is 2.64. The van der Waals surface area contributed by atoms with Gasteiger partial charge in [0.05, 0.1) is 13.2 Å². The van der Waals surface area contributed by atoms with Gasteiger partial charge in [-0.2, -0.15) is 4.99 Å². The van der Waals surface area contributed by atoms with Crippen molar-refractivity contribution in [3.05, 3.63) is 45.8 Å². The standard InChI is InChI=1S/C11H10N4O3/c1-18-11-7-5-3-2-4-6(7)9(16)8(14-15-12)10(17)13-11/h2-5,8-9,16H,1H3. The number of methoxy groups -OCH3 is 1. The second kappa shape index (κ2) is 4.87. The molecule has 92 valence electrons. The van der Waals surface area contributed by atoms with Crippen LogP contribution in [0.2, 0.25) is 0 Å². The minimum absolute atomic E-state index is 0.102. The van der Waals surface area contributed by atoms with Crippen LogP contribution in [-0.2, 0) is 9.53 Å². The van der Waals surface area contributed by atoms with Gasteiger partial charge in [0.25, 0.3) is 5.91 Å². The predicted octanol–water partition coefficient (Wildman–Crippen LogP) is 1.33. The van der Waals surface area contributed by atoms with E-state index < -0.39 is 18.1 Å². The molecule has 1 aromatic carbocycles. The first-order valence-corrected chi connectivity index (χ1v) is 5.17. The van der Waals surface area contributed by atoms with Crippen molar-refractivity contribution in [1.82, 2.24) is 0 Å².